The Balaban J connectivity index is 2.04. The summed E-state index contributed by atoms with van der Waals surface area (Å²) in [5, 5.41) is 0. The molecule has 3 heteroatoms. The van der Waals surface area contributed by atoms with Gasteiger partial charge in [-0.2, -0.15) is 0 Å². The Labute approximate surface area is 125 Å². The lowest BCUT2D eigenvalue weighted by molar-refractivity contribution is -0.0241. The van der Waals surface area contributed by atoms with E-state index in [1.807, 2.05) is 0 Å². The van der Waals surface area contributed by atoms with Gasteiger partial charge in [0.15, 0.2) is 0 Å². The third-order valence-corrected chi connectivity index (χ3v) is 5.41. The molecule has 2 aliphatic rings. The highest BCUT2D eigenvalue weighted by molar-refractivity contribution is 5.00. The summed E-state index contributed by atoms with van der Waals surface area (Å²) in [6.45, 7) is 11.0. The van der Waals surface area contributed by atoms with Gasteiger partial charge in [0, 0.05) is 25.2 Å². The number of nitrogens with two attached hydrogens (primary N) is 1. The van der Waals surface area contributed by atoms with Crippen molar-refractivity contribution >= 4 is 0 Å². The average Bonchev–Trinajstić information content (AvgIpc) is 2.37. The molecular weight excluding hydrogens is 248 g/mol. The highest BCUT2D eigenvalue weighted by Crippen LogP contribution is 2.46. The Kier molecular flexibility index (Phi) is 5.14. The van der Waals surface area contributed by atoms with Crippen molar-refractivity contribution < 1.29 is 4.74 Å². The Bertz CT molecular complexity index is 312. The van der Waals surface area contributed by atoms with Crippen LogP contribution in [-0.2, 0) is 4.74 Å². The first-order chi connectivity index (χ1) is 9.37. The molecule has 20 heavy (non-hydrogen) atoms. The van der Waals surface area contributed by atoms with Crippen LogP contribution < -0.4 is 5.73 Å². The first-order valence-corrected chi connectivity index (χ1v) is 8.36. The SMILES string of the molecule is CC1CC(C)(C)CC(CN)(N(C)CC2CCCOC2)C1. The maximum absolute atomic E-state index is 6.25. The predicted octanol–water partition coefficient (Wildman–Crippen LogP) is 2.89. The van der Waals surface area contributed by atoms with Crippen LogP contribution in [0.1, 0.15) is 52.9 Å². The van der Waals surface area contributed by atoms with E-state index in [9.17, 15) is 0 Å². The van der Waals surface area contributed by atoms with E-state index < -0.39 is 0 Å². The van der Waals surface area contributed by atoms with Crippen LogP contribution in [0.25, 0.3) is 0 Å². The molecule has 0 radical (unpaired) electrons. The molecule has 2 N–H and O–H groups in total. The lowest BCUT2D eigenvalue weighted by Crippen LogP contribution is -2.58. The molecule has 1 aliphatic carbocycles. The zero-order valence-corrected chi connectivity index (χ0v) is 14.0. The van der Waals surface area contributed by atoms with Crippen LogP contribution in [0.15, 0.2) is 0 Å². The van der Waals surface area contributed by atoms with Gasteiger partial charge in [0.2, 0.25) is 0 Å². The van der Waals surface area contributed by atoms with Gasteiger partial charge in [-0.3, -0.25) is 4.90 Å². The molecule has 2 rings (SSSR count). The Hall–Kier alpha value is -0.120. The van der Waals surface area contributed by atoms with Gasteiger partial charge in [-0.1, -0.05) is 20.8 Å². The number of rotatable bonds is 4. The molecule has 0 amide bonds. The third-order valence-electron chi connectivity index (χ3n) is 5.41. The van der Waals surface area contributed by atoms with Gasteiger partial charge in [0.1, 0.15) is 0 Å². The van der Waals surface area contributed by atoms with Crippen LogP contribution in [0.5, 0.6) is 0 Å². The predicted molar refractivity (Wildman–Crippen MR) is 84.8 cm³/mol. The molecule has 0 spiro atoms. The molecule has 0 aromatic rings. The molecule has 1 aliphatic heterocycles. The van der Waals surface area contributed by atoms with E-state index in [0.717, 1.165) is 32.2 Å². The third kappa shape index (κ3) is 3.75. The summed E-state index contributed by atoms with van der Waals surface area (Å²) in [6.07, 6.45) is 6.33. The van der Waals surface area contributed by atoms with Crippen molar-refractivity contribution in [2.75, 3.05) is 33.4 Å². The van der Waals surface area contributed by atoms with E-state index >= 15 is 0 Å². The van der Waals surface area contributed by atoms with Crippen molar-refractivity contribution in [1.29, 1.82) is 0 Å². The smallest absolute Gasteiger partial charge is 0.0506 e. The molecule has 3 atom stereocenters. The van der Waals surface area contributed by atoms with E-state index in [-0.39, 0.29) is 5.54 Å². The first kappa shape index (κ1) is 16.3. The zero-order chi connectivity index (χ0) is 14.8. The molecule has 2 fully saturated rings. The second-order valence-electron chi connectivity index (χ2n) is 8.25. The standard InChI is InChI=1S/C17H34N2O/c1-14-8-16(2,3)12-17(9-14,13-18)19(4)10-15-6-5-7-20-11-15/h14-15H,5-13,18H2,1-4H3. The summed E-state index contributed by atoms with van der Waals surface area (Å²) in [4.78, 5) is 2.57. The first-order valence-electron chi connectivity index (χ1n) is 8.36. The normalized spacial score (nSPS) is 38.1. The number of hydrogen-bond acceptors (Lipinski definition) is 3. The average molecular weight is 282 g/mol. The van der Waals surface area contributed by atoms with E-state index in [4.69, 9.17) is 10.5 Å². The van der Waals surface area contributed by atoms with Crippen LogP contribution in [0.3, 0.4) is 0 Å². The fourth-order valence-electron chi connectivity index (χ4n) is 4.83. The molecule has 118 valence electrons. The molecule has 1 heterocycles. The minimum atomic E-state index is 0.193. The minimum Gasteiger partial charge on any atom is -0.381 e. The van der Waals surface area contributed by atoms with Crippen molar-refractivity contribution in [3.63, 3.8) is 0 Å². The van der Waals surface area contributed by atoms with Gasteiger partial charge in [0.05, 0.1) is 6.61 Å². The monoisotopic (exact) mass is 282 g/mol. The number of likely N-dealkylation sites (N-methyl/N-ethyl adjacent to an activating group) is 1. The summed E-state index contributed by atoms with van der Waals surface area (Å²) >= 11 is 0. The fourth-order valence-corrected chi connectivity index (χ4v) is 4.83. The lowest BCUT2D eigenvalue weighted by Gasteiger charge is -2.52. The largest absolute Gasteiger partial charge is 0.381 e. The molecule has 3 unspecified atom stereocenters. The van der Waals surface area contributed by atoms with Crippen LogP contribution in [0.2, 0.25) is 0 Å². The minimum absolute atomic E-state index is 0.193. The second kappa shape index (κ2) is 6.33. The molecule has 0 bridgehead atoms. The summed E-state index contributed by atoms with van der Waals surface area (Å²) in [6, 6.07) is 0. The van der Waals surface area contributed by atoms with Gasteiger partial charge >= 0.3 is 0 Å². The lowest BCUT2D eigenvalue weighted by atomic mass is 9.63. The van der Waals surface area contributed by atoms with E-state index in [1.165, 1.54) is 32.1 Å². The Morgan fingerprint density at radius 3 is 2.60 bits per heavy atom. The quantitative estimate of drug-likeness (QED) is 0.861. The van der Waals surface area contributed by atoms with Crippen molar-refractivity contribution in [1.82, 2.24) is 4.90 Å². The van der Waals surface area contributed by atoms with Crippen molar-refractivity contribution in [3.8, 4) is 0 Å². The summed E-state index contributed by atoms with van der Waals surface area (Å²) in [7, 11) is 2.29. The zero-order valence-electron chi connectivity index (χ0n) is 14.0. The van der Waals surface area contributed by atoms with Gasteiger partial charge in [-0.25, -0.2) is 0 Å². The van der Waals surface area contributed by atoms with Crippen LogP contribution in [-0.4, -0.2) is 43.8 Å². The number of nitrogens with zero attached hydrogens (tertiary/aromatic N) is 1. The van der Waals surface area contributed by atoms with Gasteiger partial charge in [-0.15, -0.1) is 0 Å². The van der Waals surface area contributed by atoms with E-state index in [0.29, 0.717) is 11.3 Å². The second-order valence-corrected chi connectivity index (χ2v) is 8.25. The summed E-state index contributed by atoms with van der Waals surface area (Å²) < 4.78 is 5.64. The molecule has 0 aromatic heterocycles. The van der Waals surface area contributed by atoms with Crippen LogP contribution in [0, 0.1) is 17.3 Å². The number of hydrogen-bond donors (Lipinski definition) is 1. The topological polar surface area (TPSA) is 38.5 Å². The Morgan fingerprint density at radius 1 is 1.30 bits per heavy atom. The maximum Gasteiger partial charge on any atom is 0.0506 e. The molecule has 1 saturated carbocycles. The molecular formula is C17H34N2O. The van der Waals surface area contributed by atoms with Crippen molar-refractivity contribution in [2.45, 2.75) is 58.4 Å². The van der Waals surface area contributed by atoms with Crippen LogP contribution >= 0.6 is 0 Å². The highest BCUT2D eigenvalue weighted by Gasteiger charge is 2.44. The molecule has 0 aromatic carbocycles. The van der Waals surface area contributed by atoms with Crippen molar-refractivity contribution in [3.05, 3.63) is 0 Å². The summed E-state index contributed by atoms with van der Waals surface area (Å²) in [5.41, 5.74) is 6.86. The maximum atomic E-state index is 6.25. The van der Waals surface area contributed by atoms with Gasteiger partial charge < -0.3 is 10.5 Å². The van der Waals surface area contributed by atoms with Crippen LogP contribution in [0.4, 0.5) is 0 Å². The van der Waals surface area contributed by atoms with Crippen molar-refractivity contribution in [2.24, 2.45) is 23.0 Å². The molecule has 3 nitrogen and oxygen atoms in total. The fraction of sp³-hybridized carbons (Fsp3) is 1.00. The molecule has 1 saturated heterocycles. The highest BCUT2D eigenvalue weighted by atomic mass is 16.5. The summed E-state index contributed by atoms with van der Waals surface area (Å²) in [5.74, 6) is 1.46. The van der Waals surface area contributed by atoms with E-state index in [2.05, 4.69) is 32.7 Å². The van der Waals surface area contributed by atoms with Gasteiger partial charge in [0.25, 0.3) is 0 Å². The Morgan fingerprint density at radius 2 is 2.05 bits per heavy atom. The number of ether oxygens (including phenoxy) is 1. The van der Waals surface area contributed by atoms with Gasteiger partial charge in [-0.05, 0) is 56.4 Å². The van der Waals surface area contributed by atoms with E-state index in [1.54, 1.807) is 0 Å².